The quantitative estimate of drug-likeness (QED) is 0.633. The summed E-state index contributed by atoms with van der Waals surface area (Å²) >= 11 is 0. The molecule has 2 saturated heterocycles. The number of hydrogen-bond acceptors (Lipinski definition) is 6. The highest BCUT2D eigenvalue weighted by atomic mass is 19.4. The topological polar surface area (TPSA) is 86.0 Å². The Morgan fingerprint density at radius 2 is 1.77 bits per heavy atom. The van der Waals surface area contributed by atoms with E-state index in [-0.39, 0.29) is 30.1 Å². The number of hydrogen-bond donors (Lipinski definition) is 0. The van der Waals surface area contributed by atoms with E-state index in [1.165, 1.54) is 17.2 Å². The van der Waals surface area contributed by atoms with E-state index in [0.29, 0.717) is 30.1 Å². The van der Waals surface area contributed by atoms with E-state index in [4.69, 9.17) is 4.74 Å². The second kappa shape index (κ2) is 7.33. The Labute approximate surface area is 174 Å². The van der Waals surface area contributed by atoms with Crippen LogP contribution in [0.4, 0.5) is 13.2 Å². The molecule has 160 valence electrons. The van der Waals surface area contributed by atoms with Crippen molar-refractivity contribution < 1.29 is 22.7 Å². The van der Waals surface area contributed by atoms with Crippen molar-refractivity contribution in [1.82, 2.24) is 29.9 Å². The highest BCUT2D eigenvalue weighted by Gasteiger charge is 2.50. The van der Waals surface area contributed by atoms with Crippen LogP contribution >= 0.6 is 0 Å². The first kappa shape index (κ1) is 19.5. The predicted molar refractivity (Wildman–Crippen MR) is 100 cm³/mol. The molecule has 1 aromatic carbocycles. The number of aromatic nitrogens is 5. The molecule has 2 bridgehead atoms. The minimum Gasteiger partial charge on any atom is -0.458 e. The van der Waals surface area contributed by atoms with Crippen LogP contribution in [-0.2, 0) is 6.18 Å². The van der Waals surface area contributed by atoms with Crippen LogP contribution in [0.3, 0.4) is 0 Å². The molecule has 0 saturated carbocycles. The summed E-state index contributed by atoms with van der Waals surface area (Å²) < 4.78 is 43.9. The lowest BCUT2D eigenvalue weighted by molar-refractivity contribution is -0.138. The average Bonchev–Trinajstić information content (AvgIpc) is 3.50. The lowest BCUT2D eigenvalue weighted by Crippen LogP contribution is -2.39. The summed E-state index contributed by atoms with van der Waals surface area (Å²) in [6.07, 6.45) is 1.74. The molecule has 0 spiro atoms. The summed E-state index contributed by atoms with van der Waals surface area (Å²) in [4.78, 5) is 24.0. The molecule has 5 rings (SSSR count). The van der Waals surface area contributed by atoms with Gasteiger partial charge in [-0.3, -0.25) is 4.79 Å². The molecule has 2 aromatic heterocycles. The highest BCUT2D eigenvalue weighted by molar-refractivity contribution is 5.98. The van der Waals surface area contributed by atoms with E-state index in [0.717, 1.165) is 12.8 Å². The molecule has 0 aliphatic carbocycles. The maximum atomic E-state index is 13.4. The van der Waals surface area contributed by atoms with Crippen LogP contribution in [-0.4, -0.2) is 54.0 Å². The number of carbonyl (C=O) groups excluding carboxylic acids is 1. The highest BCUT2D eigenvalue weighted by Crippen LogP contribution is 2.40. The third kappa shape index (κ3) is 3.49. The third-order valence-corrected chi connectivity index (χ3v) is 5.70. The van der Waals surface area contributed by atoms with Gasteiger partial charge in [0.2, 0.25) is 0 Å². The Balaban J connectivity index is 1.36. The van der Waals surface area contributed by atoms with Crippen molar-refractivity contribution >= 4 is 5.91 Å². The first-order valence-corrected chi connectivity index (χ1v) is 9.76. The van der Waals surface area contributed by atoms with Crippen molar-refractivity contribution in [2.75, 3.05) is 0 Å². The number of rotatable bonds is 4. The minimum atomic E-state index is -4.51. The molecule has 11 heteroatoms. The average molecular weight is 430 g/mol. The minimum absolute atomic E-state index is 0.0180. The zero-order valence-electron chi connectivity index (χ0n) is 16.1. The number of carbonyl (C=O) groups is 1. The number of halogens is 3. The number of fused-ring (bicyclic) bond motifs is 2. The standard InChI is InChI=1S/C20H17F3N6O2/c21-20(22,23)12-10-24-19(25-11-12)31-17-9-13-5-6-16(17)28(13)18(30)14-3-1-2-4-15(14)29-26-7-8-27-29/h1-4,7-8,10-11,13,16-17H,5-6,9H2. The molecule has 3 atom stereocenters. The van der Waals surface area contributed by atoms with Crippen LogP contribution in [0.2, 0.25) is 0 Å². The summed E-state index contributed by atoms with van der Waals surface area (Å²) in [5.41, 5.74) is 0.114. The number of benzene rings is 1. The van der Waals surface area contributed by atoms with E-state index in [2.05, 4.69) is 20.2 Å². The molecule has 4 heterocycles. The van der Waals surface area contributed by atoms with E-state index in [1.807, 2.05) is 6.07 Å². The summed E-state index contributed by atoms with van der Waals surface area (Å²) in [6, 6.07) is 6.74. The van der Waals surface area contributed by atoms with Crippen LogP contribution < -0.4 is 4.74 Å². The monoisotopic (exact) mass is 430 g/mol. The Bertz CT molecular complexity index is 1090. The van der Waals surface area contributed by atoms with Crippen LogP contribution in [0.1, 0.15) is 35.2 Å². The Hall–Kier alpha value is -3.50. The molecule has 3 aromatic rings. The van der Waals surface area contributed by atoms with Crippen LogP contribution in [0, 0.1) is 0 Å². The van der Waals surface area contributed by atoms with Gasteiger partial charge in [0.15, 0.2) is 0 Å². The summed E-state index contributed by atoms with van der Waals surface area (Å²) in [7, 11) is 0. The molecular formula is C20H17F3N6O2. The van der Waals surface area contributed by atoms with Gasteiger partial charge < -0.3 is 9.64 Å². The summed E-state index contributed by atoms with van der Waals surface area (Å²) in [6.45, 7) is 0. The van der Waals surface area contributed by atoms with Gasteiger partial charge in [-0.05, 0) is 25.0 Å². The predicted octanol–water partition coefficient (Wildman–Crippen LogP) is 2.90. The van der Waals surface area contributed by atoms with Gasteiger partial charge in [0.25, 0.3) is 5.91 Å². The molecule has 31 heavy (non-hydrogen) atoms. The van der Waals surface area contributed by atoms with Gasteiger partial charge in [-0.2, -0.15) is 28.2 Å². The first-order chi connectivity index (χ1) is 14.9. The lowest BCUT2D eigenvalue weighted by atomic mass is 9.98. The second-order valence-electron chi connectivity index (χ2n) is 7.49. The van der Waals surface area contributed by atoms with E-state index >= 15 is 0 Å². The fourth-order valence-electron chi connectivity index (χ4n) is 4.34. The van der Waals surface area contributed by atoms with E-state index < -0.39 is 11.7 Å². The molecule has 3 unspecified atom stereocenters. The van der Waals surface area contributed by atoms with Crippen molar-refractivity contribution in [3.8, 4) is 11.7 Å². The molecule has 0 N–H and O–H groups in total. The van der Waals surface area contributed by atoms with Gasteiger partial charge in [-0.15, -0.1) is 0 Å². The normalized spacial score (nSPS) is 22.7. The zero-order valence-corrected chi connectivity index (χ0v) is 16.1. The van der Waals surface area contributed by atoms with Gasteiger partial charge in [-0.1, -0.05) is 12.1 Å². The molecule has 2 fully saturated rings. The second-order valence-corrected chi connectivity index (χ2v) is 7.49. The van der Waals surface area contributed by atoms with Crippen LogP contribution in [0.15, 0.2) is 49.1 Å². The number of para-hydroxylation sites is 1. The summed E-state index contributed by atoms with van der Waals surface area (Å²) in [5, 5.41) is 8.24. The molecule has 1 amide bonds. The van der Waals surface area contributed by atoms with Gasteiger partial charge in [0.05, 0.1) is 35.2 Å². The number of ether oxygens (including phenoxy) is 1. The van der Waals surface area contributed by atoms with Gasteiger partial charge in [0.1, 0.15) is 6.10 Å². The van der Waals surface area contributed by atoms with Crippen molar-refractivity contribution in [3.63, 3.8) is 0 Å². The smallest absolute Gasteiger partial charge is 0.419 e. The molecular weight excluding hydrogens is 413 g/mol. The lowest BCUT2D eigenvalue weighted by Gasteiger charge is -2.25. The fourth-order valence-corrected chi connectivity index (χ4v) is 4.34. The van der Waals surface area contributed by atoms with Gasteiger partial charge in [0, 0.05) is 24.9 Å². The zero-order chi connectivity index (χ0) is 21.6. The van der Waals surface area contributed by atoms with Crippen molar-refractivity contribution in [3.05, 3.63) is 60.2 Å². The summed E-state index contributed by atoms with van der Waals surface area (Å²) in [5.74, 6) is -0.153. The number of alkyl halides is 3. The van der Waals surface area contributed by atoms with Crippen LogP contribution in [0.25, 0.3) is 5.69 Å². The van der Waals surface area contributed by atoms with Crippen LogP contribution in [0.5, 0.6) is 6.01 Å². The Morgan fingerprint density at radius 1 is 1.06 bits per heavy atom. The van der Waals surface area contributed by atoms with Crippen molar-refractivity contribution in [2.24, 2.45) is 0 Å². The SMILES string of the molecule is O=C(c1ccccc1-n1nccn1)N1C2CCC1C(Oc1ncc(C(F)(F)F)cn1)C2. The number of nitrogens with zero attached hydrogens (tertiary/aromatic N) is 6. The third-order valence-electron chi connectivity index (χ3n) is 5.70. The molecule has 2 aliphatic heterocycles. The molecule has 2 aliphatic rings. The largest absolute Gasteiger partial charge is 0.458 e. The molecule has 8 nitrogen and oxygen atoms in total. The maximum absolute atomic E-state index is 13.4. The van der Waals surface area contributed by atoms with Crippen molar-refractivity contribution in [2.45, 2.75) is 43.6 Å². The van der Waals surface area contributed by atoms with E-state index in [1.54, 1.807) is 23.1 Å². The maximum Gasteiger partial charge on any atom is 0.419 e. The van der Waals surface area contributed by atoms with E-state index in [9.17, 15) is 18.0 Å². The fraction of sp³-hybridized carbons (Fsp3) is 0.350. The number of amides is 1. The first-order valence-electron chi connectivity index (χ1n) is 9.76. The Morgan fingerprint density at radius 3 is 2.48 bits per heavy atom. The van der Waals surface area contributed by atoms with Gasteiger partial charge >= 0.3 is 12.2 Å². The van der Waals surface area contributed by atoms with Gasteiger partial charge in [-0.25, -0.2) is 9.97 Å². The Kier molecular flexibility index (Phi) is 4.60. The van der Waals surface area contributed by atoms with Crippen molar-refractivity contribution in [1.29, 1.82) is 0 Å². The molecule has 0 radical (unpaired) electrons.